The summed E-state index contributed by atoms with van der Waals surface area (Å²) < 4.78 is 3.65. The van der Waals surface area contributed by atoms with E-state index in [4.69, 9.17) is 10.2 Å². The van der Waals surface area contributed by atoms with Crippen molar-refractivity contribution < 1.29 is 4.79 Å². The molecule has 0 spiro atoms. The standard InChI is InChI=1S/C25H27N9O/c1-18-16-31(2)10-11-33(18)23-12-22(25(35)27-14-20-6-4-19(13-26)5-7-20)30-24-21(15-29-34(23)24)17-32-9-3-8-28-32/h3-9,12,15,18H,10-11,14,16-17H2,1-2H3,(H,27,35)/t18-/m1/s1. The number of piperazine rings is 1. The van der Waals surface area contributed by atoms with E-state index in [1.54, 1.807) is 24.5 Å². The lowest BCUT2D eigenvalue weighted by atomic mass is 10.1. The number of nitrogens with zero attached hydrogens (tertiary/aromatic N) is 8. The molecule has 35 heavy (non-hydrogen) atoms. The third-order valence-electron chi connectivity index (χ3n) is 6.31. The molecule has 178 valence electrons. The Labute approximate surface area is 203 Å². The van der Waals surface area contributed by atoms with Gasteiger partial charge in [-0.05, 0) is 37.7 Å². The van der Waals surface area contributed by atoms with Crippen LogP contribution < -0.4 is 10.2 Å². The van der Waals surface area contributed by atoms with E-state index < -0.39 is 0 Å². The number of carbonyl (C=O) groups excluding carboxylic acids is 1. The van der Waals surface area contributed by atoms with Crippen LogP contribution in [0.5, 0.6) is 0 Å². The normalized spacial score (nSPS) is 16.4. The molecule has 0 aliphatic carbocycles. The van der Waals surface area contributed by atoms with Crippen LogP contribution in [0.15, 0.2) is 55.0 Å². The van der Waals surface area contributed by atoms with Crippen LogP contribution in [0.25, 0.3) is 5.65 Å². The Bertz CT molecular complexity index is 1370. The van der Waals surface area contributed by atoms with Crippen LogP contribution in [0.3, 0.4) is 0 Å². The number of hydrogen-bond acceptors (Lipinski definition) is 7. The average molecular weight is 470 g/mol. The van der Waals surface area contributed by atoms with Gasteiger partial charge in [0.2, 0.25) is 0 Å². The lowest BCUT2D eigenvalue weighted by Gasteiger charge is -2.39. The van der Waals surface area contributed by atoms with Crippen LogP contribution in [0, 0.1) is 11.3 Å². The zero-order chi connectivity index (χ0) is 24.4. The molecule has 0 radical (unpaired) electrons. The van der Waals surface area contributed by atoms with Crippen molar-refractivity contribution in [1.82, 2.24) is 34.6 Å². The molecule has 1 aliphatic heterocycles. The molecule has 4 aromatic rings. The summed E-state index contributed by atoms with van der Waals surface area (Å²) in [5.41, 5.74) is 3.37. The molecule has 5 rings (SSSR count). The van der Waals surface area contributed by atoms with Gasteiger partial charge in [0, 0.05) is 56.2 Å². The van der Waals surface area contributed by atoms with E-state index in [1.165, 1.54) is 0 Å². The number of aromatic nitrogens is 5. The highest BCUT2D eigenvalue weighted by Gasteiger charge is 2.26. The lowest BCUT2D eigenvalue weighted by molar-refractivity contribution is 0.0946. The van der Waals surface area contributed by atoms with E-state index in [0.717, 1.165) is 36.6 Å². The Morgan fingerprint density at radius 3 is 2.77 bits per heavy atom. The fraction of sp³-hybridized carbons (Fsp3) is 0.320. The number of hydrogen-bond donors (Lipinski definition) is 1. The number of likely N-dealkylation sites (N-methyl/N-ethyl adjacent to an activating group) is 1. The Kier molecular flexibility index (Phi) is 6.16. The molecule has 1 amide bonds. The molecule has 4 heterocycles. The molecule has 0 saturated carbocycles. The zero-order valence-corrected chi connectivity index (χ0v) is 19.8. The molecule has 1 fully saturated rings. The molecule has 1 atom stereocenters. The van der Waals surface area contributed by atoms with Crippen LogP contribution in [0.1, 0.15) is 34.1 Å². The summed E-state index contributed by atoms with van der Waals surface area (Å²) in [5, 5.41) is 20.9. The molecule has 0 unspecified atom stereocenters. The number of amides is 1. The largest absolute Gasteiger partial charge is 0.351 e. The second-order valence-electron chi connectivity index (χ2n) is 8.90. The minimum atomic E-state index is -0.258. The third-order valence-corrected chi connectivity index (χ3v) is 6.31. The van der Waals surface area contributed by atoms with E-state index in [1.807, 2.05) is 39.7 Å². The Hall–Kier alpha value is -4.23. The summed E-state index contributed by atoms with van der Waals surface area (Å²) >= 11 is 0. The molecule has 10 nitrogen and oxygen atoms in total. The van der Waals surface area contributed by atoms with Gasteiger partial charge in [0.05, 0.1) is 24.4 Å². The van der Waals surface area contributed by atoms with E-state index >= 15 is 0 Å². The van der Waals surface area contributed by atoms with Crippen LogP contribution >= 0.6 is 0 Å². The number of rotatable bonds is 6. The first-order chi connectivity index (χ1) is 17.0. The number of benzene rings is 1. The van der Waals surface area contributed by atoms with Crippen molar-refractivity contribution in [2.24, 2.45) is 0 Å². The maximum atomic E-state index is 13.2. The van der Waals surface area contributed by atoms with Crippen molar-refractivity contribution in [2.75, 3.05) is 31.6 Å². The number of fused-ring (bicyclic) bond motifs is 1. The van der Waals surface area contributed by atoms with Gasteiger partial charge in [-0.2, -0.15) is 20.0 Å². The van der Waals surface area contributed by atoms with Gasteiger partial charge in [0.1, 0.15) is 11.5 Å². The monoisotopic (exact) mass is 469 g/mol. The summed E-state index contributed by atoms with van der Waals surface area (Å²) in [4.78, 5) is 22.5. The first kappa shape index (κ1) is 22.6. The SMILES string of the molecule is C[C@@H]1CN(C)CCN1c1cc(C(=O)NCc2ccc(C#N)cc2)nc2c(Cn3cccn3)cnn12. The molecule has 10 heteroatoms. The predicted molar refractivity (Wildman–Crippen MR) is 131 cm³/mol. The fourth-order valence-electron chi connectivity index (χ4n) is 4.44. The van der Waals surface area contributed by atoms with Crippen molar-refractivity contribution in [3.8, 4) is 6.07 Å². The quantitative estimate of drug-likeness (QED) is 0.460. The second-order valence-corrected chi connectivity index (χ2v) is 8.90. The highest BCUT2D eigenvalue weighted by Crippen LogP contribution is 2.24. The molecule has 1 saturated heterocycles. The second kappa shape index (κ2) is 9.56. The number of anilines is 1. The Morgan fingerprint density at radius 2 is 2.06 bits per heavy atom. The number of carbonyl (C=O) groups is 1. The highest BCUT2D eigenvalue weighted by molar-refractivity contribution is 5.93. The Morgan fingerprint density at radius 1 is 1.23 bits per heavy atom. The van der Waals surface area contributed by atoms with E-state index in [2.05, 4.69) is 45.4 Å². The van der Waals surface area contributed by atoms with E-state index in [9.17, 15) is 4.79 Å². The predicted octanol–water partition coefficient (Wildman–Crippen LogP) is 1.92. The minimum Gasteiger partial charge on any atom is -0.351 e. The van der Waals surface area contributed by atoms with Gasteiger partial charge < -0.3 is 15.1 Å². The minimum absolute atomic E-state index is 0.257. The van der Waals surface area contributed by atoms with E-state index in [-0.39, 0.29) is 11.9 Å². The fourth-order valence-corrected chi connectivity index (χ4v) is 4.44. The van der Waals surface area contributed by atoms with E-state index in [0.29, 0.717) is 30.0 Å². The average Bonchev–Trinajstić information content (AvgIpc) is 3.53. The Balaban J connectivity index is 1.48. The van der Waals surface area contributed by atoms with Crippen LogP contribution in [-0.2, 0) is 13.1 Å². The summed E-state index contributed by atoms with van der Waals surface area (Å²) in [7, 11) is 2.12. The molecule has 1 N–H and O–H groups in total. The van der Waals surface area contributed by atoms with Gasteiger partial charge in [-0.1, -0.05) is 12.1 Å². The topological polar surface area (TPSA) is 107 Å². The van der Waals surface area contributed by atoms with Crippen LogP contribution in [0.2, 0.25) is 0 Å². The smallest absolute Gasteiger partial charge is 0.270 e. The van der Waals surface area contributed by atoms with Crippen molar-refractivity contribution >= 4 is 17.4 Å². The molecular formula is C25H27N9O. The maximum absolute atomic E-state index is 13.2. The van der Waals surface area contributed by atoms with Crippen LogP contribution in [-0.4, -0.2) is 67.9 Å². The van der Waals surface area contributed by atoms with Gasteiger partial charge in [-0.3, -0.25) is 9.48 Å². The van der Waals surface area contributed by atoms with Gasteiger partial charge in [0.15, 0.2) is 5.65 Å². The first-order valence-corrected chi connectivity index (χ1v) is 11.6. The van der Waals surface area contributed by atoms with Crippen molar-refractivity contribution in [3.05, 3.63) is 77.4 Å². The summed E-state index contributed by atoms with van der Waals surface area (Å²) in [6, 6.07) is 13.2. The molecular weight excluding hydrogens is 442 g/mol. The number of nitriles is 1. The van der Waals surface area contributed by atoms with Crippen LogP contribution in [0.4, 0.5) is 5.82 Å². The summed E-state index contributed by atoms with van der Waals surface area (Å²) in [6.07, 6.45) is 5.42. The summed E-state index contributed by atoms with van der Waals surface area (Å²) in [6.45, 7) is 5.72. The van der Waals surface area contributed by atoms with Crippen molar-refractivity contribution in [3.63, 3.8) is 0 Å². The van der Waals surface area contributed by atoms with Gasteiger partial charge in [-0.15, -0.1) is 0 Å². The molecule has 1 aliphatic rings. The van der Waals surface area contributed by atoms with Crippen molar-refractivity contribution in [2.45, 2.75) is 26.1 Å². The molecule has 3 aromatic heterocycles. The number of nitrogens with one attached hydrogen (secondary N) is 1. The van der Waals surface area contributed by atoms with Gasteiger partial charge in [0.25, 0.3) is 5.91 Å². The molecule has 1 aromatic carbocycles. The maximum Gasteiger partial charge on any atom is 0.270 e. The van der Waals surface area contributed by atoms with Gasteiger partial charge >= 0.3 is 0 Å². The van der Waals surface area contributed by atoms with Crippen molar-refractivity contribution in [1.29, 1.82) is 5.26 Å². The zero-order valence-electron chi connectivity index (χ0n) is 19.8. The first-order valence-electron chi connectivity index (χ1n) is 11.6. The lowest BCUT2D eigenvalue weighted by Crippen LogP contribution is -2.51. The van der Waals surface area contributed by atoms with Gasteiger partial charge in [-0.25, -0.2) is 4.98 Å². The third kappa shape index (κ3) is 4.72. The summed E-state index contributed by atoms with van der Waals surface area (Å²) in [5.74, 6) is 0.594. The highest BCUT2D eigenvalue weighted by atomic mass is 16.1. The molecule has 0 bridgehead atoms.